The van der Waals surface area contributed by atoms with Crippen LogP contribution in [0.3, 0.4) is 0 Å². The van der Waals surface area contributed by atoms with E-state index in [-0.39, 0.29) is 24.0 Å². The predicted octanol–water partition coefficient (Wildman–Crippen LogP) is 5.57. The standard InChI is InChI=1S/C26H29BrN2O3/c27-21-10-8-17(9-11-21)25(30)28-22-7-3-6-19(14-22)24-15-20-16-29(13-12-23(20)32-24)26(31)18-4-1-2-5-18/h3,6-11,14,18,20,23-24H,1-2,4-5,12-13,15-16H2,(H,28,30). The molecule has 3 fully saturated rings. The predicted molar refractivity (Wildman–Crippen MR) is 127 cm³/mol. The Morgan fingerprint density at radius 1 is 1.03 bits per heavy atom. The van der Waals surface area contributed by atoms with E-state index in [1.165, 1.54) is 12.8 Å². The van der Waals surface area contributed by atoms with Crippen molar-refractivity contribution in [3.8, 4) is 0 Å². The molecule has 6 heteroatoms. The number of likely N-dealkylation sites (tertiary alicyclic amines) is 1. The van der Waals surface area contributed by atoms with Gasteiger partial charge in [0, 0.05) is 40.6 Å². The van der Waals surface area contributed by atoms with Gasteiger partial charge in [0.2, 0.25) is 5.91 Å². The number of carbonyl (C=O) groups is 2. The summed E-state index contributed by atoms with van der Waals surface area (Å²) < 4.78 is 7.35. The van der Waals surface area contributed by atoms with Crippen LogP contribution in [0.1, 0.15) is 60.6 Å². The number of anilines is 1. The molecule has 2 amide bonds. The zero-order valence-corrected chi connectivity index (χ0v) is 19.7. The number of piperidine rings is 1. The van der Waals surface area contributed by atoms with Crippen molar-refractivity contribution < 1.29 is 14.3 Å². The lowest BCUT2D eigenvalue weighted by molar-refractivity contribution is -0.138. The topological polar surface area (TPSA) is 58.6 Å². The normalized spacial score (nSPS) is 25.5. The van der Waals surface area contributed by atoms with E-state index in [9.17, 15) is 9.59 Å². The van der Waals surface area contributed by atoms with Crippen molar-refractivity contribution in [1.29, 1.82) is 0 Å². The maximum atomic E-state index is 12.9. The Hall–Kier alpha value is -2.18. The van der Waals surface area contributed by atoms with Crippen LogP contribution in [0.5, 0.6) is 0 Å². The highest BCUT2D eigenvalue weighted by molar-refractivity contribution is 9.10. The molecule has 2 aromatic carbocycles. The quantitative estimate of drug-likeness (QED) is 0.601. The highest BCUT2D eigenvalue weighted by atomic mass is 79.9. The van der Waals surface area contributed by atoms with E-state index in [1.807, 2.05) is 30.3 Å². The first-order valence-corrected chi connectivity index (χ1v) is 12.5. The van der Waals surface area contributed by atoms with Crippen molar-refractivity contribution in [1.82, 2.24) is 4.90 Å². The zero-order valence-electron chi connectivity index (χ0n) is 18.1. The number of rotatable bonds is 4. The molecule has 2 aliphatic heterocycles. The molecule has 3 aliphatic rings. The van der Waals surface area contributed by atoms with Crippen LogP contribution in [-0.2, 0) is 9.53 Å². The Morgan fingerprint density at radius 2 is 1.81 bits per heavy atom. The lowest BCUT2D eigenvalue weighted by Gasteiger charge is -2.35. The fourth-order valence-corrected chi connectivity index (χ4v) is 5.69. The minimum absolute atomic E-state index is 0.0102. The molecule has 3 atom stereocenters. The number of nitrogens with one attached hydrogen (secondary N) is 1. The van der Waals surface area contributed by atoms with E-state index in [4.69, 9.17) is 4.74 Å². The van der Waals surface area contributed by atoms with Crippen LogP contribution in [0.4, 0.5) is 5.69 Å². The summed E-state index contributed by atoms with van der Waals surface area (Å²) in [6, 6.07) is 15.3. The van der Waals surface area contributed by atoms with Gasteiger partial charge in [-0.05, 0) is 67.6 Å². The Bertz CT molecular complexity index is 987. The van der Waals surface area contributed by atoms with E-state index < -0.39 is 0 Å². The number of hydrogen-bond acceptors (Lipinski definition) is 3. The molecule has 1 N–H and O–H groups in total. The molecule has 2 saturated heterocycles. The average Bonchev–Trinajstić information content (AvgIpc) is 3.49. The second-order valence-corrected chi connectivity index (χ2v) is 10.2. The monoisotopic (exact) mass is 496 g/mol. The minimum atomic E-state index is -0.128. The van der Waals surface area contributed by atoms with Crippen LogP contribution in [0.25, 0.3) is 0 Å². The smallest absolute Gasteiger partial charge is 0.255 e. The van der Waals surface area contributed by atoms with E-state index in [0.717, 1.165) is 54.5 Å². The highest BCUT2D eigenvalue weighted by Crippen LogP contribution is 2.42. The summed E-state index contributed by atoms with van der Waals surface area (Å²) >= 11 is 3.40. The molecule has 0 aromatic heterocycles. The maximum absolute atomic E-state index is 12.9. The van der Waals surface area contributed by atoms with Crippen molar-refractivity contribution in [3.05, 3.63) is 64.1 Å². The van der Waals surface area contributed by atoms with Gasteiger partial charge >= 0.3 is 0 Å². The first-order chi connectivity index (χ1) is 15.6. The number of benzene rings is 2. The maximum Gasteiger partial charge on any atom is 0.255 e. The SMILES string of the molecule is O=C(Nc1cccc(C2CC3CN(C(=O)C4CCCC4)CCC3O2)c1)c1ccc(Br)cc1. The highest BCUT2D eigenvalue weighted by Gasteiger charge is 2.41. The van der Waals surface area contributed by atoms with Gasteiger partial charge in [0.15, 0.2) is 0 Å². The van der Waals surface area contributed by atoms with Gasteiger partial charge in [0.1, 0.15) is 0 Å². The first-order valence-electron chi connectivity index (χ1n) is 11.7. The van der Waals surface area contributed by atoms with Crippen molar-refractivity contribution in [2.24, 2.45) is 11.8 Å². The molecule has 1 saturated carbocycles. The van der Waals surface area contributed by atoms with Gasteiger partial charge in [-0.1, -0.05) is 40.9 Å². The van der Waals surface area contributed by atoms with Crippen LogP contribution in [0, 0.1) is 11.8 Å². The van der Waals surface area contributed by atoms with Crippen LogP contribution >= 0.6 is 15.9 Å². The number of carbonyl (C=O) groups excluding carboxylic acids is 2. The molecule has 32 heavy (non-hydrogen) atoms. The van der Waals surface area contributed by atoms with E-state index in [1.54, 1.807) is 12.1 Å². The summed E-state index contributed by atoms with van der Waals surface area (Å²) in [5.74, 6) is 0.870. The Morgan fingerprint density at radius 3 is 2.59 bits per heavy atom. The third kappa shape index (κ3) is 4.62. The van der Waals surface area contributed by atoms with Gasteiger partial charge in [-0.25, -0.2) is 0 Å². The largest absolute Gasteiger partial charge is 0.370 e. The number of nitrogens with zero attached hydrogens (tertiary/aromatic N) is 1. The van der Waals surface area contributed by atoms with E-state index in [0.29, 0.717) is 17.4 Å². The second kappa shape index (κ2) is 9.36. The molecule has 5 rings (SSSR count). The first kappa shape index (κ1) is 21.7. The lowest BCUT2D eigenvalue weighted by atomic mass is 9.90. The number of halogens is 1. The second-order valence-electron chi connectivity index (χ2n) is 9.30. The van der Waals surface area contributed by atoms with Crippen LogP contribution in [0.15, 0.2) is 53.0 Å². The van der Waals surface area contributed by atoms with Crippen LogP contribution < -0.4 is 5.32 Å². The summed E-state index contributed by atoms with van der Waals surface area (Å²) in [6.07, 6.45) is 6.56. The third-order valence-corrected chi connectivity index (χ3v) is 7.69. The number of hydrogen-bond donors (Lipinski definition) is 1. The van der Waals surface area contributed by atoms with Gasteiger partial charge in [-0.15, -0.1) is 0 Å². The summed E-state index contributed by atoms with van der Waals surface area (Å²) in [6.45, 7) is 1.63. The van der Waals surface area contributed by atoms with Crippen molar-refractivity contribution in [2.45, 2.75) is 50.7 Å². The van der Waals surface area contributed by atoms with Gasteiger partial charge in [0.05, 0.1) is 12.2 Å². The van der Waals surface area contributed by atoms with Gasteiger partial charge in [-0.3, -0.25) is 9.59 Å². The molecule has 2 aromatic rings. The molecule has 5 nitrogen and oxygen atoms in total. The third-order valence-electron chi connectivity index (χ3n) is 7.16. The minimum Gasteiger partial charge on any atom is -0.370 e. The molecule has 2 heterocycles. The van der Waals surface area contributed by atoms with Crippen LogP contribution in [-0.4, -0.2) is 35.9 Å². The van der Waals surface area contributed by atoms with E-state index in [2.05, 4.69) is 32.2 Å². The summed E-state index contributed by atoms with van der Waals surface area (Å²) in [5, 5.41) is 2.99. The van der Waals surface area contributed by atoms with E-state index >= 15 is 0 Å². The zero-order chi connectivity index (χ0) is 22.1. The van der Waals surface area contributed by atoms with Crippen molar-refractivity contribution in [3.63, 3.8) is 0 Å². The molecule has 3 unspecified atom stereocenters. The van der Waals surface area contributed by atoms with Crippen LogP contribution in [0.2, 0.25) is 0 Å². The summed E-state index contributed by atoms with van der Waals surface area (Å²) in [4.78, 5) is 27.5. The Balaban J connectivity index is 1.22. The number of ether oxygens (including phenoxy) is 1. The van der Waals surface area contributed by atoms with Gasteiger partial charge < -0.3 is 15.0 Å². The van der Waals surface area contributed by atoms with Gasteiger partial charge in [-0.2, -0.15) is 0 Å². The van der Waals surface area contributed by atoms with Crippen molar-refractivity contribution in [2.75, 3.05) is 18.4 Å². The number of amides is 2. The molecule has 168 valence electrons. The Kier molecular flexibility index (Phi) is 6.33. The molecular weight excluding hydrogens is 468 g/mol. The average molecular weight is 497 g/mol. The molecular formula is C26H29BrN2O3. The number of fused-ring (bicyclic) bond motifs is 1. The lowest BCUT2D eigenvalue weighted by Crippen LogP contribution is -2.46. The molecule has 0 radical (unpaired) electrons. The molecule has 0 spiro atoms. The fraction of sp³-hybridized carbons (Fsp3) is 0.462. The molecule has 0 bridgehead atoms. The molecule has 1 aliphatic carbocycles. The summed E-state index contributed by atoms with van der Waals surface area (Å²) in [7, 11) is 0. The summed E-state index contributed by atoms with van der Waals surface area (Å²) in [5.41, 5.74) is 2.47. The fourth-order valence-electron chi connectivity index (χ4n) is 5.42. The Labute approximate surface area is 197 Å². The van der Waals surface area contributed by atoms with Gasteiger partial charge in [0.25, 0.3) is 5.91 Å². The van der Waals surface area contributed by atoms with Crippen molar-refractivity contribution >= 4 is 33.4 Å².